The average Bonchev–Trinajstić information content (AvgIpc) is 2.30. The lowest BCUT2D eigenvalue weighted by Gasteiger charge is -2.03. The van der Waals surface area contributed by atoms with Crippen LogP contribution in [0, 0.1) is 10.1 Å². The molecular weight excluding hydrogens is 236 g/mol. The van der Waals surface area contributed by atoms with Gasteiger partial charge in [0.15, 0.2) is 5.78 Å². The van der Waals surface area contributed by atoms with Gasteiger partial charge in [-0.25, -0.2) is 0 Å². The molecule has 1 aromatic rings. The number of nitro benzene ring substituents is 1. The van der Waals surface area contributed by atoms with Crippen molar-refractivity contribution in [3.63, 3.8) is 0 Å². The molecule has 1 N–H and O–H groups in total. The van der Waals surface area contributed by atoms with Crippen molar-refractivity contribution in [3.8, 4) is 0 Å². The van der Waals surface area contributed by atoms with Crippen LogP contribution in [0.15, 0.2) is 18.2 Å². The Bertz CT molecular complexity index is 469. The first-order valence-electron chi connectivity index (χ1n) is 5.49. The molecule has 18 heavy (non-hydrogen) atoms. The highest BCUT2D eigenvalue weighted by Crippen LogP contribution is 2.23. The van der Waals surface area contributed by atoms with Crippen LogP contribution >= 0.6 is 0 Å². The predicted molar refractivity (Wildman–Crippen MR) is 68.8 cm³/mol. The standard InChI is InChI=1S/C10H10N2O4.C2H6/c1-6(13)9-4-3-8(11-7(2)14)5-10(9)12(15)16;1-2/h3-5H,1-2H3,(H,11,14);1-2H3. The van der Waals surface area contributed by atoms with Crippen LogP contribution in [0.3, 0.4) is 0 Å². The van der Waals surface area contributed by atoms with Crippen molar-refractivity contribution in [2.75, 3.05) is 5.32 Å². The summed E-state index contributed by atoms with van der Waals surface area (Å²) in [4.78, 5) is 31.9. The third-order valence-electron chi connectivity index (χ3n) is 1.89. The molecule has 0 aromatic heterocycles. The number of hydrogen-bond donors (Lipinski definition) is 1. The molecule has 0 unspecified atom stereocenters. The summed E-state index contributed by atoms with van der Waals surface area (Å²) in [6.07, 6.45) is 0. The fraction of sp³-hybridized carbons (Fsp3) is 0.333. The lowest BCUT2D eigenvalue weighted by atomic mass is 10.1. The van der Waals surface area contributed by atoms with Gasteiger partial charge in [0.25, 0.3) is 5.69 Å². The molecule has 0 aliphatic rings. The van der Waals surface area contributed by atoms with Crippen LogP contribution in [0.4, 0.5) is 11.4 Å². The van der Waals surface area contributed by atoms with Gasteiger partial charge in [0.1, 0.15) is 0 Å². The van der Waals surface area contributed by atoms with Gasteiger partial charge in [-0.1, -0.05) is 13.8 Å². The van der Waals surface area contributed by atoms with E-state index >= 15 is 0 Å². The van der Waals surface area contributed by atoms with Crippen LogP contribution in [0.25, 0.3) is 0 Å². The van der Waals surface area contributed by atoms with Crippen molar-refractivity contribution in [1.82, 2.24) is 0 Å². The molecule has 0 aliphatic carbocycles. The minimum Gasteiger partial charge on any atom is -0.326 e. The van der Waals surface area contributed by atoms with Gasteiger partial charge in [-0.3, -0.25) is 19.7 Å². The minimum atomic E-state index is -0.651. The van der Waals surface area contributed by atoms with Crippen molar-refractivity contribution >= 4 is 23.1 Å². The van der Waals surface area contributed by atoms with Crippen molar-refractivity contribution < 1.29 is 14.5 Å². The number of carbonyl (C=O) groups excluding carboxylic acids is 2. The van der Waals surface area contributed by atoms with E-state index < -0.39 is 4.92 Å². The van der Waals surface area contributed by atoms with E-state index in [1.807, 2.05) is 13.8 Å². The molecule has 0 saturated carbocycles. The van der Waals surface area contributed by atoms with Gasteiger partial charge < -0.3 is 5.32 Å². The Hall–Kier alpha value is -2.24. The molecular formula is C12H16N2O4. The summed E-state index contributed by atoms with van der Waals surface area (Å²) in [7, 11) is 0. The first-order chi connectivity index (χ1) is 8.41. The van der Waals surface area contributed by atoms with Crippen molar-refractivity contribution in [3.05, 3.63) is 33.9 Å². The molecule has 6 heteroatoms. The van der Waals surface area contributed by atoms with Gasteiger partial charge in [-0.05, 0) is 19.1 Å². The molecule has 1 aromatic carbocycles. The molecule has 0 spiro atoms. The van der Waals surface area contributed by atoms with Crippen LogP contribution in [0.5, 0.6) is 0 Å². The Morgan fingerprint density at radius 2 is 1.78 bits per heavy atom. The Kier molecular flexibility index (Phi) is 6.27. The molecule has 0 fully saturated rings. The zero-order valence-corrected chi connectivity index (χ0v) is 10.8. The molecule has 0 saturated heterocycles. The third-order valence-corrected chi connectivity index (χ3v) is 1.89. The van der Waals surface area contributed by atoms with Gasteiger partial charge in [-0.15, -0.1) is 0 Å². The van der Waals surface area contributed by atoms with E-state index in [4.69, 9.17) is 0 Å². The summed E-state index contributed by atoms with van der Waals surface area (Å²) >= 11 is 0. The van der Waals surface area contributed by atoms with Crippen LogP contribution in [0.1, 0.15) is 38.1 Å². The van der Waals surface area contributed by atoms with E-state index in [9.17, 15) is 19.7 Å². The summed E-state index contributed by atoms with van der Waals surface area (Å²) in [5.74, 6) is -0.717. The van der Waals surface area contributed by atoms with Gasteiger partial charge >= 0.3 is 0 Å². The van der Waals surface area contributed by atoms with Crippen molar-refractivity contribution in [2.24, 2.45) is 0 Å². The van der Waals surface area contributed by atoms with E-state index in [0.29, 0.717) is 5.69 Å². The fourth-order valence-electron chi connectivity index (χ4n) is 1.26. The quantitative estimate of drug-likeness (QED) is 0.508. The Morgan fingerprint density at radius 3 is 2.17 bits per heavy atom. The topological polar surface area (TPSA) is 89.3 Å². The first-order valence-corrected chi connectivity index (χ1v) is 5.49. The Morgan fingerprint density at radius 1 is 1.22 bits per heavy atom. The van der Waals surface area contributed by atoms with Gasteiger partial charge in [0, 0.05) is 18.7 Å². The van der Waals surface area contributed by atoms with Crippen LogP contribution < -0.4 is 5.32 Å². The molecule has 1 amide bonds. The number of hydrogen-bond acceptors (Lipinski definition) is 4. The predicted octanol–water partition coefficient (Wildman–Crippen LogP) is 2.78. The van der Waals surface area contributed by atoms with Crippen molar-refractivity contribution in [2.45, 2.75) is 27.7 Å². The molecule has 0 bridgehead atoms. The number of nitro groups is 1. The van der Waals surface area contributed by atoms with Gasteiger partial charge in [0.05, 0.1) is 10.5 Å². The normalized spacial score (nSPS) is 8.89. The minimum absolute atomic E-state index is 0.0269. The lowest BCUT2D eigenvalue weighted by Crippen LogP contribution is -2.07. The monoisotopic (exact) mass is 252 g/mol. The largest absolute Gasteiger partial charge is 0.326 e. The van der Waals surface area contributed by atoms with Crippen LogP contribution in [0.2, 0.25) is 0 Å². The zero-order chi connectivity index (χ0) is 14.3. The SMILES string of the molecule is CC.CC(=O)Nc1ccc(C(C)=O)c([N+](=O)[O-])c1. The number of benzene rings is 1. The number of anilines is 1. The summed E-state index contributed by atoms with van der Waals surface area (Å²) in [5, 5.41) is 13.1. The second-order valence-electron chi connectivity index (χ2n) is 3.23. The number of carbonyl (C=O) groups is 2. The highest BCUT2D eigenvalue weighted by molar-refractivity contribution is 5.99. The summed E-state index contributed by atoms with van der Waals surface area (Å²) < 4.78 is 0. The number of ketones is 1. The number of nitrogens with one attached hydrogen (secondary N) is 1. The van der Waals surface area contributed by atoms with E-state index in [-0.39, 0.29) is 22.9 Å². The number of amides is 1. The molecule has 0 heterocycles. The van der Waals surface area contributed by atoms with Gasteiger partial charge in [0.2, 0.25) is 5.91 Å². The Balaban J connectivity index is 0.00000137. The first kappa shape index (κ1) is 15.8. The summed E-state index contributed by atoms with van der Waals surface area (Å²) in [6.45, 7) is 6.55. The lowest BCUT2D eigenvalue weighted by molar-refractivity contribution is -0.385. The molecule has 0 aliphatic heterocycles. The second kappa shape index (κ2) is 7.16. The fourth-order valence-corrected chi connectivity index (χ4v) is 1.26. The smallest absolute Gasteiger partial charge is 0.282 e. The van der Waals surface area contributed by atoms with Gasteiger partial charge in [-0.2, -0.15) is 0 Å². The van der Waals surface area contributed by atoms with Crippen LogP contribution in [-0.4, -0.2) is 16.6 Å². The van der Waals surface area contributed by atoms with E-state index in [1.165, 1.54) is 26.0 Å². The van der Waals surface area contributed by atoms with Crippen molar-refractivity contribution in [1.29, 1.82) is 0 Å². The molecule has 0 atom stereocenters. The maximum atomic E-state index is 11.1. The average molecular weight is 252 g/mol. The number of rotatable bonds is 3. The molecule has 98 valence electrons. The van der Waals surface area contributed by atoms with E-state index in [0.717, 1.165) is 6.07 Å². The highest BCUT2D eigenvalue weighted by Gasteiger charge is 2.17. The highest BCUT2D eigenvalue weighted by atomic mass is 16.6. The molecule has 1 rings (SSSR count). The Labute approximate surface area is 105 Å². The molecule has 0 radical (unpaired) electrons. The zero-order valence-electron chi connectivity index (χ0n) is 10.8. The number of nitrogens with zero attached hydrogens (tertiary/aromatic N) is 1. The number of Topliss-reactive ketones (excluding diaryl/α,β-unsaturated/α-hetero) is 1. The summed E-state index contributed by atoms with van der Waals surface area (Å²) in [6, 6.07) is 3.94. The maximum Gasteiger partial charge on any atom is 0.282 e. The van der Waals surface area contributed by atoms with E-state index in [2.05, 4.69) is 5.32 Å². The third kappa shape index (κ3) is 4.32. The molecule has 6 nitrogen and oxygen atoms in total. The van der Waals surface area contributed by atoms with E-state index in [1.54, 1.807) is 0 Å². The second-order valence-corrected chi connectivity index (χ2v) is 3.23. The summed E-state index contributed by atoms with van der Waals surface area (Å²) in [5.41, 5.74) is 0.0158. The van der Waals surface area contributed by atoms with Crippen LogP contribution in [-0.2, 0) is 4.79 Å². The maximum absolute atomic E-state index is 11.1.